The third-order valence-corrected chi connectivity index (χ3v) is 8.00. The molecule has 0 N–H and O–H groups in total. The van der Waals surface area contributed by atoms with Crippen LogP contribution >= 0.6 is 0 Å². The molecule has 5 rings (SSSR count). The zero-order valence-corrected chi connectivity index (χ0v) is 31.6. The average molecular weight is 791 g/mol. The molecule has 0 spiro atoms. The number of rotatable bonds is 8. The minimum Gasteiger partial charge on any atom is -0.491 e. The number of benzene rings is 1. The highest BCUT2D eigenvalue weighted by Gasteiger charge is 2.56. The molecule has 0 unspecified atom stereocenters. The summed E-state index contributed by atoms with van der Waals surface area (Å²) in [5, 5.41) is 0. The summed E-state index contributed by atoms with van der Waals surface area (Å²) in [4.78, 5) is 71.4. The molecule has 310 valence electrons. The molecule has 0 amide bonds. The van der Waals surface area contributed by atoms with Gasteiger partial charge in [0.25, 0.3) is 0 Å². The lowest BCUT2D eigenvalue weighted by Gasteiger charge is -2.48. The van der Waals surface area contributed by atoms with E-state index in [9.17, 15) is 19.2 Å². The molecule has 1 aromatic rings. The van der Waals surface area contributed by atoms with Crippen LogP contribution in [0.15, 0.2) is 24.3 Å². The van der Waals surface area contributed by atoms with Crippen molar-refractivity contribution in [1.29, 1.82) is 0 Å². The summed E-state index contributed by atoms with van der Waals surface area (Å²) in [6.45, 7) is 6.87. The number of ether oxygens (including phenoxy) is 12. The summed E-state index contributed by atoms with van der Waals surface area (Å²) in [5.74, 6) is -1.80. The van der Waals surface area contributed by atoms with E-state index in [4.69, 9.17) is 76.4 Å². The van der Waals surface area contributed by atoms with Crippen LogP contribution in [0.2, 0.25) is 0 Å². The lowest BCUT2D eigenvalue weighted by atomic mass is 9.96. The molecule has 4 aliphatic rings. The first-order valence-electron chi connectivity index (χ1n) is 17.7. The average Bonchev–Trinajstić information content (AvgIpc) is 3.13. The molecular weight excluding hydrogens is 740 g/mol. The molecule has 0 radical (unpaired) electrons. The van der Waals surface area contributed by atoms with Gasteiger partial charge in [-0.15, -0.1) is 0 Å². The summed E-state index contributed by atoms with van der Waals surface area (Å²) in [5.41, 5.74) is 0. The van der Waals surface area contributed by atoms with E-state index in [2.05, 4.69) is 0 Å². The van der Waals surface area contributed by atoms with E-state index in [1.54, 1.807) is 31.2 Å². The summed E-state index contributed by atoms with van der Waals surface area (Å²) in [6, 6.07) is 7.13. The van der Waals surface area contributed by atoms with Crippen molar-refractivity contribution in [3.8, 4) is 11.5 Å². The molecule has 2 saturated heterocycles. The van der Waals surface area contributed by atoms with Gasteiger partial charge in [0.05, 0.1) is 32.5 Å². The molecule has 1 aromatic carbocycles. The van der Waals surface area contributed by atoms with Gasteiger partial charge in [-0.25, -0.2) is 19.6 Å². The van der Waals surface area contributed by atoms with Crippen LogP contribution in [0.4, 0.5) is 0 Å². The van der Waals surface area contributed by atoms with Crippen molar-refractivity contribution < 1.29 is 95.6 Å². The lowest BCUT2D eigenvalue weighted by molar-refractivity contribution is -0.458. The largest absolute Gasteiger partial charge is 0.491 e. The number of methoxy groups -OCH3 is 1. The maximum Gasteiger partial charge on any atom is 0.303 e. The number of carbonyl (C=O) groups is 4. The second-order valence-electron chi connectivity index (χ2n) is 12.3. The van der Waals surface area contributed by atoms with Gasteiger partial charge in [0.1, 0.15) is 56.7 Å². The van der Waals surface area contributed by atoms with Gasteiger partial charge in [0.15, 0.2) is 43.1 Å². The SMILES string of the molecule is CO[C@@H]1O[C@H](C)[C@H](O[C@@H]2O[C@H](COC(C)=O)[C@H](OC(C)=O)[C@H](OC(C)=O)[C@H]2OC(C)=O)[C@@H]2OOCCOCCOc3ccc(cc3)OCCOCCOO[C@@H]12. The fraction of sp³-hybridized carbons (Fsp3) is 0.714. The number of carbonyl (C=O) groups excluding carboxylic acids is 4. The van der Waals surface area contributed by atoms with Gasteiger partial charge in [0, 0.05) is 34.8 Å². The fourth-order valence-electron chi connectivity index (χ4n) is 5.73. The standard InChI is InChI=1S/C35H50O20/c1-20-28(53-35-32(51-24(5)39)30(50-23(4)38)29(49-22(3)37)27(52-35)19-45-21(2)36)31-33(34(40-6)48-20)55-47-18-14-42-12-16-44-26-9-7-25(8-10-26)43-15-11-41-13-17-46-54-31/h7-10,20,27-35H,11-19H2,1-6H3/t20-,27-,28+,29+,30+,31+,32-,33-,34-,35+/m1/s1. The first-order valence-corrected chi connectivity index (χ1v) is 17.7. The Labute approximate surface area is 317 Å². The molecule has 55 heavy (non-hydrogen) atoms. The molecule has 2 fully saturated rings. The van der Waals surface area contributed by atoms with E-state index in [1.807, 2.05) is 0 Å². The summed E-state index contributed by atoms with van der Waals surface area (Å²) >= 11 is 0. The van der Waals surface area contributed by atoms with Crippen LogP contribution in [-0.4, -0.2) is 152 Å². The van der Waals surface area contributed by atoms with Crippen LogP contribution in [0.3, 0.4) is 0 Å². The predicted molar refractivity (Wildman–Crippen MR) is 179 cm³/mol. The number of hydrogen-bond acceptors (Lipinski definition) is 20. The Morgan fingerprint density at radius 1 is 0.600 bits per heavy atom. The summed E-state index contributed by atoms with van der Waals surface area (Å²) in [6.07, 6.45) is -12.8. The quantitative estimate of drug-likeness (QED) is 0.155. The van der Waals surface area contributed by atoms with E-state index >= 15 is 0 Å². The smallest absolute Gasteiger partial charge is 0.303 e. The Morgan fingerprint density at radius 3 is 1.64 bits per heavy atom. The first-order chi connectivity index (χ1) is 26.5. The maximum atomic E-state index is 12.4. The second kappa shape index (κ2) is 22.8. The Kier molecular flexibility index (Phi) is 18.2. The van der Waals surface area contributed by atoms with Crippen molar-refractivity contribution >= 4 is 23.9 Å². The zero-order valence-electron chi connectivity index (χ0n) is 31.6. The number of hydrogen-bond donors (Lipinski definition) is 0. The molecule has 0 aliphatic carbocycles. The van der Waals surface area contributed by atoms with Crippen molar-refractivity contribution in [2.75, 3.05) is 66.6 Å². The monoisotopic (exact) mass is 790 g/mol. The Morgan fingerprint density at radius 2 is 1.11 bits per heavy atom. The maximum absolute atomic E-state index is 12.4. The van der Waals surface area contributed by atoms with Crippen molar-refractivity contribution in [3.63, 3.8) is 0 Å². The van der Waals surface area contributed by atoms with Gasteiger partial charge in [-0.2, -0.15) is 0 Å². The Balaban J connectivity index is 1.58. The molecule has 4 aliphatic heterocycles. The molecule has 0 aromatic heterocycles. The van der Waals surface area contributed by atoms with E-state index in [0.29, 0.717) is 11.5 Å². The topological polar surface area (TPSA) is 216 Å². The van der Waals surface area contributed by atoms with Crippen LogP contribution in [0.1, 0.15) is 34.6 Å². The van der Waals surface area contributed by atoms with E-state index in [1.165, 1.54) is 7.11 Å². The van der Waals surface area contributed by atoms with Crippen molar-refractivity contribution in [3.05, 3.63) is 24.3 Å². The predicted octanol–water partition coefficient (Wildman–Crippen LogP) is 0.984. The Bertz CT molecular complexity index is 1340. The van der Waals surface area contributed by atoms with Gasteiger partial charge in [0.2, 0.25) is 0 Å². The first kappa shape index (κ1) is 44.0. The van der Waals surface area contributed by atoms with Crippen molar-refractivity contribution in [2.45, 2.75) is 96.0 Å². The van der Waals surface area contributed by atoms with Gasteiger partial charge in [-0.3, -0.25) is 19.2 Å². The van der Waals surface area contributed by atoms with Crippen LogP contribution in [-0.2, 0) is 86.1 Å². The van der Waals surface area contributed by atoms with E-state index < -0.39 is 91.9 Å². The summed E-state index contributed by atoms with van der Waals surface area (Å²) < 4.78 is 68.6. The minimum atomic E-state index is -1.58. The Hall–Kier alpha value is -3.70. The van der Waals surface area contributed by atoms with Crippen molar-refractivity contribution in [1.82, 2.24) is 0 Å². The van der Waals surface area contributed by atoms with E-state index in [-0.39, 0.29) is 52.9 Å². The van der Waals surface area contributed by atoms with E-state index in [0.717, 1.165) is 27.7 Å². The zero-order chi connectivity index (χ0) is 39.7. The molecule has 0 saturated carbocycles. The minimum absolute atomic E-state index is 0.0266. The highest BCUT2D eigenvalue weighted by atomic mass is 17.2. The second-order valence-corrected chi connectivity index (χ2v) is 12.3. The third kappa shape index (κ3) is 14.1. The number of esters is 4. The van der Waals surface area contributed by atoms with Crippen molar-refractivity contribution in [2.24, 2.45) is 0 Å². The molecule has 20 heteroatoms. The van der Waals surface area contributed by atoms with Gasteiger partial charge < -0.3 is 56.8 Å². The van der Waals surface area contributed by atoms with Crippen LogP contribution in [0.5, 0.6) is 11.5 Å². The highest BCUT2D eigenvalue weighted by molar-refractivity contribution is 5.68. The summed E-state index contributed by atoms with van der Waals surface area (Å²) in [7, 11) is 1.38. The van der Waals surface area contributed by atoms with Crippen LogP contribution in [0, 0.1) is 0 Å². The normalized spacial score (nSPS) is 31.5. The van der Waals surface area contributed by atoms with Crippen LogP contribution < -0.4 is 9.47 Å². The third-order valence-electron chi connectivity index (χ3n) is 8.00. The van der Waals surface area contributed by atoms with Gasteiger partial charge >= 0.3 is 23.9 Å². The molecule has 20 nitrogen and oxygen atoms in total. The molecule has 2 bridgehead atoms. The van der Waals surface area contributed by atoms with Crippen LogP contribution in [0.25, 0.3) is 0 Å². The van der Waals surface area contributed by atoms with Gasteiger partial charge in [-0.1, -0.05) is 0 Å². The lowest BCUT2D eigenvalue weighted by Crippen LogP contribution is -2.66. The highest BCUT2D eigenvalue weighted by Crippen LogP contribution is 2.35. The van der Waals surface area contributed by atoms with Gasteiger partial charge in [-0.05, 0) is 31.2 Å². The molecular formula is C35H50O20. The fourth-order valence-corrected chi connectivity index (χ4v) is 5.73. The molecule has 10 atom stereocenters. The number of fused-ring (bicyclic) bond motifs is 16. The molecule has 4 heterocycles.